The summed E-state index contributed by atoms with van der Waals surface area (Å²) >= 11 is 0. The van der Waals surface area contributed by atoms with Gasteiger partial charge in [0.15, 0.2) is 0 Å². The molecule has 1 unspecified atom stereocenters. The van der Waals surface area contributed by atoms with E-state index in [1.807, 2.05) is 0 Å². The molecule has 0 bridgehead atoms. The van der Waals surface area contributed by atoms with Gasteiger partial charge in [0.05, 0.1) is 22.5 Å². The smallest absolute Gasteiger partial charge is 0.269 e. The molecule has 0 spiro atoms. The number of nitro groups is 1. The van der Waals surface area contributed by atoms with E-state index in [4.69, 9.17) is 4.74 Å². The first kappa shape index (κ1) is 15.8. The molecule has 1 heterocycles. The van der Waals surface area contributed by atoms with Gasteiger partial charge < -0.3 is 10.1 Å². The number of hydrogen-bond acceptors (Lipinski definition) is 6. The maximum atomic E-state index is 12.4. The van der Waals surface area contributed by atoms with Gasteiger partial charge in [0.25, 0.3) is 5.69 Å². The Hall–Kier alpha value is -1.55. The number of rotatable bonds is 5. The second-order valence-electron chi connectivity index (χ2n) is 4.73. The molecule has 1 N–H and O–H groups in total. The zero-order chi connectivity index (χ0) is 15.5. The van der Waals surface area contributed by atoms with E-state index in [0.29, 0.717) is 13.2 Å². The lowest BCUT2D eigenvalue weighted by Gasteiger charge is -2.27. The Balaban J connectivity index is 2.10. The number of benzene rings is 1. The van der Waals surface area contributed by atoms with E-state index in [0.717, 1.165) is 6.54 Å². The Morgan fingerprint density at radius 3 is 2.62 bits per heavy atom. The standard InChI is InChI=1S/C12H17N3O5S/c1-14(9-11-8-13-6-7-20-11)21(18,19)12-4-2-10(3-5-12)15(16)17/h2-5,11,13H,6-9H2,1H3. The molecule has 0 aliphatic carbocycles. The molecule has 1 aliphatic heterocycles. The first-order chi connectivity index (χ1) is 9.91. The molecule has 0 saturated carbocycles. The minimum atomic E-state index is -3.68. The van der Waals surface area contributed by atoms with Gasteiger partial charge in [-0.25, -0.2) is 8.42 Å². The Labute approximate surface area is 122 Å². The second kappa shape index (κ2) is 6.48. The molecule has 0 aromatic heterocycles. The van der Waals surface area contributed by atoms with Gasteiger partial charge in [0, 0.05) is 38.8 Å². The van der Waals surface area contributed by atoms with Gasteiger partial charge in [-0.2, -0.15) is 4.31 Å². The van der Waals surface area contributed by atoms with E-state index >= 15 is 0 Å². The molecular weight excluding hydrogens is 298 g/mol. The Kier molecular flexibility index (Phi) is 4.88. The molecule has 2 rings (SSSR count). The number of nitrogens with one attached hydrogen (secondary N) is 1. The highest BCUT2D eigenvalue weighted by atomic mass is 32.2. The molecule has 116 valence electrons. The largest absolute Gasteiger partial charge is 0.374 e. The van der Waals surface area contributed by atoms with Crippen molar-refractivity contribution in [1.29, 1.82) is 0 Å². The molecule has 1 aromatic rings. The van der Waals surface area contributed by atoms with E-state index < -0.39 is 14.9 Å². The summed E-state index contributed by atoms with van der Waals surface area (Å²) in [7, 11) is -2.21. The number of nitro benzene ring substituents is 1. The fourth-order valence-electron chi connectivity index (χ4n) is 2.04. The lowest BCUT2D eigenvalue weighted by Crippen LogP contribution is -2.45. The molecule has 21 heavy (non-hydrogen) atoms. The normalized spacial score (nSPS) is 19.6. The van der Waals surface area contributed by atoms with Crippen LogP contribution >= 0.6 is 0 Å². The third-order valence-electron chi connectivity index (χ3n) is 3.22. The quantitative estimate of drug-likeness (QED) is 0.615. The first-order valence-electron chi connectivity index (χ1n) is 6.44. The summed E-state index contributed by atoms with van der Waals surface area (Å²) in [6.45, 7) is 2.14. The highest BCUT2D eigenvalue weighted by Crippen LogP contribution is 2.19. The van der Waals surface area contributed by atoms with Crippen molar-refractivity contribution in [3.8, 4) is 0 Å². The van der Waals surface area contributed by atoms with Crippen LogP contribution < -0.4 is 5.32 Å². The van der Waals surface area contributed by atoms with E-state index in [1.54, 1.807) is 0 Å². The predicted octanol–water partition coefficient (Wildman–Crippen LogP) is 0.204. The summed E-state index contributed by atoms with van der Waals surface area (Å²) in [4.78, 5) is 10.0. The Morgan fingerprint density at radius 1 is 1.43 bits per heavy atom. The minimum absolute atomic E-state index is 0.0272. The van der Waals surface area contributed by atoms with Crippen molar-refractivity contribution < 1.29 is 18.1 Å². The minimum Gasteiger partial charge on any atom is -0.374 e. The van der Waals surface area contributed by atoms with Crippen LogP contribution in [0.15, 0.2) is 29.2 Å². The number of morpholine rings is 1. The van der Waals surface area contributed by atoms with Crippen LogP contribution in [0, 0.1) is 10.1 Å². The number of non-ortho nitro benzene ring substituents is 1. The summed E-state index contributed by atoms with van der Waals surface area (Å²) in [5.74, 6) is 0. The highest BCUT2D eigenvalue weighted by molar-refractivity contribution is 7.89. The maximum absolute atomic E-state index is 12.4. The number of nitrogens with zero attached hydrogens (tertiary/aromatic N) is 2. The van der Waals surface area contributed by atoms with E-state index in [-0.39, 0.29) is 23.2 Å². The van der Waals surface area contributed by atoms with Crippen molar-refractivity contribution in [2.45, 2.75) is 11.0 Å². The zero-order valence-electron chi connectivity index (χ0n) is 11.6. The molecule has 1 atom stereocenters. The molecule has 1 aromatic carbocycles. The first-order valence-corrected chi connectivity index (χ1v) is 7.88. The third-order valence-corrected chi connectivity index (χ3v) is 5.06. The number of sulfonamides is 1. The molecular formula is C12H17N3O5S. The lowest BCUT2D eigenvalue weighted by atomic mass is 10.3. The fourth-order valence-corrected chi connectivity index (χ4v) is 3.24. The fraction of sp³-hybridized carbons (Fsp3) is 0.500. The van der Waals surface area contributed by atoms with Gasteiger partial charge in [-0.3, -0.25) is 10.1 Å². The van der Waals surface area contributed by atoms with Crippen LogP contribution in [0.2, 0.25) is 0 Å². The van der Waals surface area contributed by atoms with Gasteiger partial charge >= 0.3 is 0 Å². The van der Waals surface area contributed by atoms with Crippen molar-refractivity contribution in [2.24, 2.45) is 0 Å². The zero-order valence-corrected chi connectivity index (χ0v) is 12.4. The number of ether oxygens (including phenoxy) is 1. The molecule has 1 fully saturated rings. The van der Waals surface area contributed by atoms with Crippen LogP contribution in [0.1, 0.15) is 0 Å². The van der Waals surface area contributed by atoms with Crippen molar-refractivity contribution in [2.75, 3.05) is 33.3 Å². The van der Waals surface area contributed by atoms with E-state index in [2.05, 4.69) is 5.32 Å². The summed E-state index contributed by atoms with van der Waals surface area (Å²) in [5.41, 5.74) is -0.142. The summed E-state index contributed by atoms with van der Waals surface area (Å²) in [6.07, 6.45) is -0.198. The molecule has 0 radical (unpaired) electrons. The molecule has 9 heteroatoms. The van der Waals surface area contributed by atoms with Gasteiger partial charge in [0.2, 0.25) is 10.0 Å². The second-order valence-corrected chi connectivity index (χ2v) is 6.78. The summed E-state index contributed by atoms with van der Waals surface area (Å²) < 4.78 is 31.4. The van der Waals surface area contributed by atoms with Gasteiger partial charge in [-0.15, -0.1) is 0 Å². The van der Waals surface area contributed by atoms with Crippen LogP contribution in [0.5, 0.6) is 0 Å². The predicted molar refractivity (Wildman–Crippen MR) is 75.5 cm³/mol. The van der Waals surface area contributed by atoms with Crippen LogP contribution in [0.25, 0.3) is 0 Å². The topological polar surface area (TPSA) is 102 Å². The maximum Gasteiger partial charge on any atom is 0.269 e. The van der Waals surface area contributed by atoms with Crippen LogP contribution in [-0.4, -0.2) is 57.0 Å². The van der Waals surface area contributed by atoms with Gasteiger partial charge in [-0.05, 0) is 12.1 Å². The average Bonchev–Trinajstić information content (AvgIpc) is 2.48. The van der Waals surface area contributed by atoms with Crippen LogP contribution in [-0.2, 0) is 14.8 Å². The van der Waals surface area contributed by atoms with Crippen LogP contribution in [0.3, 0.4) is 0 Å². The Bertz CT molecular complexity index is 596. The lowest BCUT2D eigenvalue weighted by molar-refractivity contribution is -0.384. The van der Waals surface area contributed by atoms with Crippen molar-refractivity contribution in [3.05, 3.63) is 34.4 Å². The number of likely N-dealkylation sites (N-methyl/N-ethyl adjacent to an activating group) is 1. The van der Waals surface area contributed by atoms with Crippen molar-refractivity contribution in [3.63, 3.8) is 0 Å². The molecule has 8 nitrogen and oxygen atoms in total. The monoisotopic (exact) mass is 315 g/mol. The van der Waals surface area contributed by atoms with Crippen molar-refractivity contribution >= 4 is 15.7 Å². The molecule has 1 aliphatic rings. The molecule has 1 saturated heterocycles. The summed E-state index contributed by atoms with van der Waals surface area (Å²) in [6, 6.07) is 4.84. The van der Waals surface area contributed by atoms with E-state index in [9.17, 15) is 18.5 Å². The Morgan fingerprint density at radius 2 is 2.10 bits per heavy atom. The molecule has 0 amide bonds. The van der Waals surface area contributed by atoms with Crippen molar-refractivity contribution in [1.82, 2.24) is 9.62 Å². The third kappa shape index (κ3) is 3.76. The van der Waals surface area contributed by atoms with Gasteiger partial charge in [-0.1, -0.05) is 0 Å². The SMILES string of the molecule is CN(CC1CNCCO1)S(=O)(=O)c1ccc([N+](=O)[O-])cc1. The highest BCUT2D eigenvalue weighted by Gasteiger charge is 2.25. The number of hydrogen-bond donors (Lipinski definition) is 1. The summed E-state index contributed by atoms with van der Waals surface area (Å²) in [5, 5.41) is 13.7. The average molecular weight is 315 g/mol. The van der Waals surface area contributed by atoms with Gasteiger partial charge in [0.1, 0.15) is 0 Å². The van der Waals surface area contributed by atoms with E-state index in [1.165, 1.54) is 35.6 Å². The van der Waals surface area contributed by atoms with Crippen LogP contribution in [0.4, 0.5) is 5.69 Å².